The maximum Gasteiger partial charge on any atom is 0.223 e. The molecule has 6 heteroatoms. The quantitative estimate of drug-likeness (QED) is 0.829. The van der Waals surface area contributed by atoms with E-state index in [4.69, 9.17) is 9.47 Å². The molecular formula is C16H25N3O3. The van der Waals surface area contributed by atoms with E-state index in [9.17, 15) is 4.79 Å². The summed E-state index contributed by atoms with van der Waals surface area (Å²) in [5.74, 6) is 0.229. The van der Waals surface area contributed by atoms with Crippen LogP contribution in [-0.2, 0) is 27.4 Å². The molecule has 22 heavy (non-hydrogen) atoms. The fourth-order valence-corrected chi connectivity index (χ4v) is 3.46. The van der Waals surface area contributed by atoms with Gasteiger partial charge >= 0.3 is 0 Å². The Morgan fingerprint density at radius 1 is 1.41 bits per heavy atom. The monoisotopic (exact) mass is 307 g/mol. The number of carbonyl (C=O) groups is 1. The number of hydrogen-bond acceptors (Lipinski definition) is 4. The third-order valence-corrected chi connectivity index (χ3v) is 4.86. The fourth-order valence-electron chi connectivity index (χ4n) is 3.46. The number of methoxy groups -OCH3 is 1. The van der Waals surface area contributed by atoms with Gasteiger partial charge in [-0.25, -0.2) is 4.98 Å². The zero-order chi connectivity index (χ0) is 15.4. The maximum absolute atomic E-state index is 12.4. The van der Waals surface area contributed by atoms with Crippen molar-refractivity contribution in [2.75, 3.05) is 26.9 Å². The molecule has 1 aromatic heterocycles. The van der Waals surface area contributed by atoms with Gasteiger partial charge in [0.2, 0.25) is 5.91 Å². The molecule has 0 saturated carbocycles. The van der Waals surface area contributed by atoms with Crippen LogP contribution in [0.1, 0.15) is 37.8 Å². The van der Waals surface area contributed by atoms with Gasteiger partial charge in [-0.05, 0) is 25.7 Å². The van der Waals surface area contributed by atoms with Crippen LogP contribution in [0.3, 0.4) is 0 Å². The first-order valence-electron chi connectivity index (χ1n) is 8.12. The van der Waals surface area contributed by atoms with Gasteiger partial charge in [0, 0.05) is 39.4 Å². The maximum atomic E-state index is 12.4. The van der Waals surface area contributed by atoms with Gasteiger partial charge in [-0.3, -0.25) is 4.79 Å². The highest BCUT2D eigenvalue weighted by Crippen LogP contribution is 2.36. The summed E-state index contributed by atoms with van der Waals surface area (Å²) in [4.78, 5) is 18.6. The number of amides is 1. The second kappa shape index (κ2) is 6.79. The predicted molar refractivity (Wildman–Crippen MR) is 81.3 cm³/mol. The Bertz CT molecular complexity index is 508. The van der Waals surface area contributed by atoms with E-state index in [2.05, 4.69) is 9.55 Å². The number of rotatable bonds is 5. The minimum absolute atomic E-state index is 0.0410. The molecule has 0 radical (unpaired) electrons. The van der Waals surface area contributed by atoms with E-state index in [1.54, 1.807) is 13.4 Å². The summed E-state index contributed by atoms with van der Waals surface area (Å²) >= 11 is 0. The van der Waals surface area contributed by atoms with Gasteiger partial charge in [-0.1, -0.05) is 0 Å². The van der Waals surface area contributed by atoms with Crippen molar-refractivity contribution in [3.05, 3.63) is 18.2 Å². The lowest BCUT2D eigenvalue weighted by molar-refractivity contribution is -0.131. The van der Waals surface area contributed by atoms with Gasteiger partial charge < -0.3 is 18.9 Å². The highest BCUT2D eigenvalue weighted by molar-refractivity contribution is 5.76. The molecular weight excluding hydrogens is 282 g/mol. The Kier molecular flexibility index (Phi) is 4.78. The highest BCUT2D eigenvalue weighted by Gasteiger charge is 2.38. The summed E-state index contributed by atoms with van der Waals surface area (Å²) in [7, 11) is 1.69. The Balaban J connectivity index is 1.64. The molecule has 0 unspecified atom stereocenters. The van der Waals surface area contributed by atoms with Crippen LogP contribution in [0.4, 0.5) is 0 Å². The lowest BCUT2D eigenvalue weighted by Crippen LogP contribution is -2.32. The molecule has 2 fully saturated rings. The van der Waals surface area contributed by atoms with E-state index < -0.39 is 0 Å². The average Bonchev–Trinajstić information content (AvgIpc) is 3.13. The zero-order valence-electron chi connectivity index (χ0n) is 13.3. The standard InChI is InChI=1S/C16H25N3O3/c1-21-10-8-19-13-17-11-14(19)12-18-7-6-16(4-2-9-22-16)5-3-15(18)20/h11,13H,2-10,12H2,1H3/t16-/m0/s1. The van der Waals surface area contributed by atoms with Crippen LogP contribution in [0.5, 0.6) is 0 Å². The molecule has 122 valence electrons. The van der Waals surface area contributed by atoms with E-state index in [1.165, 1.54) is 0 Å². The van der Waals surface area contributed by atoms with E-state index in [0.717, 1.165) is 51.1 Å². The smallest absolute Gasteiger partial charge is 0.223 e. The number of hydrogen-bond donors (Lipinski definition) is 0. The molecule has 1 atom stereocenters. The van der Waals surface area contributed by atoms with Gasteiger partial charge in [-0.2, -0.15) is 0 Å². The molecule has 6 nitrogen and oxygen atoms in total. The lowest BCUT2D eigenvalue weighted by atomic mass is 9.92. The van der Waals surface area contributed by atoms with Crippen molar-refractivity contribution in [2.45, 2.75) is 50.8 Å². The van der Waals surface area contributed by atoms with E-state index in [0.29, 0.717) is 19.6 Å². The summed E-state index contributed by atoms with van der Waals surface area (Å²) in [6.07, 6.45) is 8.27. The Hall–Kier alpha value is -1.40. The van der Waals surface area contributed by atoms with Crippen molar-refractivity contribution in [1.82, 2.24) is 14.5 Å². The summed E-state index contributed by atoms with van der Waals surface area (Å²) in [6.45, 7) is 3.65. The van der Waals surface area contributed by atoms with Crippen molar-refractivity contribution in [1.29, 1.82) is 0 Å². The first-order valence-corrected chi connectivity index (χ1v) is 8.12. The van der Waals surface area contributed by atoms with Crippen LogP contribution in [-0.4, -0.2) is 52.8 Å². The molecule has 2 aliphatic rings. The van der Waals surface area contributed by atoms with Crippen molar-refractivity contribution in [2.24, 2.45) is 0 Å². The van der Waals surface area contributed by atoms with Crippen molar-refractivity contribution in [3.8, 4) is 0 Å². The number of ether oxygens (including phenoxy) is 2. The van der Waals surface area contributed by atoms with Crippen LogP contribution in [0, 0.1) is 0 Å². The number of aromatic nitrogens is 2. The first-order chi connectivity index (χ1) is 10.7. The van der Waals surface area contributed by atoms with Gasteiger partial charge in [0.1, 0.15) is 0 Å². The summed E-state index contributed by atoms with van der Waals surface area (Å²) in [5.41, 5.74) is 1.02. The molecule has 0 N–H and O–H groups in total. The zero-order valence-corrected chi connectivity index (χ0v) is 13.3. The average molecular weight is 307 g/mol. The fraction of sp³-hybridized carbons (Fsp3) is 0.750. The van der Waals surface area contributed by atoms with E-state index >= 15 is 0 Å². The third-order valence-electron chi connectivity index (χ3n) is 4.86. The number of nitrogens with zero attached hydrogens (tertiary/aromatic N) is 3. The van der Waals surface area contributed by atoms with Crippen molar-refractivity contribution >= 4 is 5.91 Å². The van der Waals surface area contributed by atoms with Crippen LogP contribution in [0.25, 0.3) is 0 Å². The molecule has 1 aromatic rings. The second-order valence-electron chi connectivity index (χ2n) is 6.27. The highest BCUT2D eigenvalue weighted by atomic mass is 16.5. The van der Waals surface area contributed by atoms with Crippen LogP contribution in [0.15, 0.2) is 12.5 Å². The summed E-state index contributed by atoms with van der Waals surface area (Å²) < 4.78 is 13.1. The number of carbonyl (C=O) groups excluding carboxylic acids is 1. The third kappa shape index (κ3) is 3.33. The predicted octanol–water partition coefficient (Wildman–Crippen LogP) is 1.59. The molecule has 2 saturated heterocycles. The van der Waals surface area contributed by atoms with E-state index in [-0.39, 0.29) is 11.5 Å². The Morgan fingerprint density at radius 3 is 3.09 bits per heavy atom. The lowest BCUT2D eigenvalue weighted by Gasteiger charge is -2.26. The number of likely N-dealkylation sites (tertiary alicyclic amines) is 1. The molecule has 2 aliphatic heterocycles. The van der Waals surface area contributed by atoms with Crippen LogP contribution < -0.4 is 0 Å². The van der Waals surface area contributed by atoms with Gasteiger partial charge in [0.25, 0.3) is 0 Å². The minimum Gasteiger partial charge on any atom is -0.383 e. The SMILES string of the molecule is COCCn1cncc1CN1CC[C@]2(CCCO2)CCC1=O. The molecule has 0 bridgehead atoms. The molecule has 3 rings (SSSR count). The normalized spacial score (nSPS) is 25.9. The first kappa shape index (κ1) is 15.5. The second-order valence-corrected chi connectivity index (χ2v) is 6.27. The Morgan fingerprint density at radius 2 is 2.32 bits per heavy atom. The van der Waals surface area contributed by atoms with Crippen molar-refractivity contribution in [3.63, 3.8) is 0 Å². The van der Waals surface area contributed by atoms with Crippen LogP contribution >= 0.6 is 0 Å². The summed E-state index contributed by atoms with van der Waals surface area (Å²) in [5, 5.41) is 0. The van der Waals surface area contributed by atoms with Crippen LogP contribution in [0.2, 0.25) is 0 Å². The molecule has 3 heterocycles. The minimum atomic E-state index is -0.0410. The summed E-state index contributed by atoms with van der Waals surface area (Å²) in [6, 6.07) is 0. The molecule has 0 aromatic carbocycles. The van der Waals surface area contributed by atoms with E-state index in [1.807, 2.05) is 11.1 Å². The number of imidazole rings is 1. The van der Waals surface area contributed by atoms with Crippen molar-refractivity contribution < 1.29 is 14.3 Å². The topological polar surface area (TPSA) is 56.6 Å². The molecule has 1 amide bonds. The van der Waals surface area contributed by atoms with Gasteiger partial charge in [-0.15, -0.1) is 0 Å². The Labute approximate surface area is 131 Å². The molecule has 0 aliphatic carbocycles. The van der Waals surface area contributed by atoms with Gasteiger partial charge in [0.05, 0.1) is 30.8 Å². The molecule has 1 spiro atoms. The largest absolute Gasteiger partial charge is 0.383 e. The van der Waals surface area contributed by atoms with Gasteiger partial charge in [0.15, 0.2) is 0 Å².